The number of carboxylic acid groups (broad SMARTS) is 1. The van der Waals surface area contributed by atoms with Crippen LogP contribution in [0.4, 0.5) is 4.79 Å². The first-order valence-corrected chi connectivity index (χ1v) is 6.26. The molecule has 21 heavy (non-hydrogen) atoms. The molecule has 0 heterocycles. The van der Waals surface area contributed by atoms with Crippen molar-refractivity contribution in [2.75, 3.05) is 7.11 Å². The maximum atomic E-state index is 11.9. The molecule has 2 atom stereocenters. The molecular weight excluding hydrogens is 276 g/mol. The third-order valence-electron chi connectivity index (χ3n) is 3.04. The number of ether oxygens (including phenoxy) is 1. The molecule has 1 rings (SSSR count). The van der Waals surface area contributed by atoms with Crippen LogP contribution in [0.15, 0.2) is 30.3 Å². The lowest BCUT2D eigenvalue weighted by Gasteiger charge is -2.27. The Morgan fingerprint density at radius 2 is 1.81 bits per heavy atom. The molecule has 0 spiro atoms. The van der Waals surface area contributed by atoms with Crippen LogP contribution in [0.2, 0.25) is 0 Å². The van der Waals surface area contributed by atoms with E-state index in [2.05, 4.69) is 15.4 Å². The van der Waals surface area contributed by atoms with Gasteiger partial charge in [0.2, 0.25) is 0 Å². The molecule has 114 valence electrons. The van der Waals surface area contributed by atoms with Gasteiger partial charge in [-0.15, -0.1) is 0 Å². The van der Waals surface area contributed by atoms with Gasteiger partial charge in [0.1, 0.15) is 6.04 Å². The number of esters is 1. The van der Waals surface area contributed by atoms with Crippen molar-refractivity contribution in [2.24, 2.45) is 0 Å². The lowest BCUT2D eigenvalue weighted by molar-refractivity contribution is -0.144. The van der Waals surface area contributed by atoms with E-state index in [-0.39, 0.29) is 0 Å². The van der Waals surface area contributed by atoms with Crippen LogP contribution < -0.4 is 10.6 Å². The molecule has 0 aliphatic heterocycles. The molecule has 0 fully saturated rings. The minimum atomic E-state index is -1.61. The third kappa shape index (κ3) is 3.95. The van der Waals surface area contributed by atoms with Crippen LogP contribution in [0, 0.1) is 0 Å². The van der Waals surface area contributed by atoms with Crippen molar-refractivity contribution in [3.8, 4) is 0 Å². The van der Waals surface area contributed by atoms with Gasteiger partial charge in [0.05, 0.1) is 7.11 Å². The van der Waals surface area contributed by atoms with Gasteiger partial charge in [-0.05, 0) is 19.4 Å². The fourth-order valence-corrected chi connectivity index (χ4v) is 1.72. The fourth-order valence-electron chi connectivity index (χ4n) is 1.72. The minimum Gasteiger partial charge on any atom is -0.479 e. The van der Waals surface area contributed by atoms with E-state index >= 15 is 0 Å². The van der Waals surface area contributed by atoms with E-state index in [1.807, 2.05) is 0 Å². The Morgan fingerprint density at radius 1 is 1.24 bits per heavy atom. The van der Waals surface area contributed by atoms with Crippen molar-refractivity contribution in [3.05, 3.63) is 35.9 Å². The average molecular weight is 294 g/mol. The normalized spacial score (nSPS) is 14.4. The van der Waals surface area contributed by atoms with Crippen LogP contribution in [0.25, 0.3) is 0 Å². The number of rotatable bonds is 5. The number of hydrogen-bond donors (Lipinski definition) is 3. The average Bonchev–Trinajstić information content (AvgIpc) is 2.46. The first-order valence-electron chi connectivity index (χ1n) is 6.26. The van der Waals surface area contributed by atoms with Crippen LogP contribution in [-0.4, -0.2) is 36.2 Å². The van der Waals surface area contributed by atoms with Gasteiger partial charge in [0.15, 0.2) is 5.54 Å². The van der Waals surface area contributed by atoms with Gasteiger partial charge < -0.3 is 20.5 Å². The van der Waals surface area contributed by atoms with E-state index in [4.69, 9.17) is 0 Å². The molecule has 0 saturated heterocycles. The van der Waals surface area contributed by atoms with Crippen molar-refractivity contribution in [1.82, 2.24) is 10.6 Å². The first kappa shape index (κ1) is 16.5. The van der Waals surface area contributed by atoms with Crippen LogP contribution in [0.1, 0.15) is 19.4 Å². The summed E-state index contributed by atoms with van der Waals surface area (Å²) in [4.78, 5) is 34.6. The maximum absolute atomic E-state index is 11.9. The highest BCUT2D eigenvalue weighted by molar-refractivity contribution is 5.89. The predicted molar refractivity (Wildman–Crippen MR) is 74.6 cm³/mol. The van der Waals surface area contributed by atoms with Gasteiger partial charge in [0.25, 0.3) is 0 Å². The van der Waals surface area contributed by atoms with E-state index in [1.165, 1.54) is 21.0 Å². The summed E-state index contributed by atoms with van der Waals surface area (Å²) in [6, 6.07) is 6.62. The van der Waals surface area contributed by atoms with Crippen LogP contribution in [0.3, 0.4) is 0 Å². The largest absolute Gasteiger partial charge is 0.479 e. The summed E-state index contributed by atoms with van der Waals surface area (Å²) in [5.74, 6) is -1.84. The zero-order valence-electron chi connectivity index (χ0n) is 12.0. The molecule has 0 bridgehead atoms. The Hall–Kier alpha value is -2.57. The minimum absolute atomic E-state index is 0.415. The zero-order chi connectivity index (χ0) is 16.0. The van der Waals surface area contributed by atoms with Crippen LogP contribution in [-0.2, 0) is 19.9 Å². The number of amides is 2. The number of methoxy groups -OCH3 is 1. The summed E-state index contributed by atoms with van der Waals surface area (Å²) >= 11 is 0. The van der Waals surface area contributed by atoms with Crippen molar-refractivity contribution in [3.63, 3.8) is 0 Å². The van der Waals surface area contributed by atoms with Gasteiger partial charge in [-0.3, -0.25) is 0 Å². The Bertz CT molecular complexity index is 531. The quantitative estimate of drug-likeness (QED) is 0.698. The molecular formula is C14H18N2O5. The number of carbonyl (C=O) groups excluding carboxylic acids is 2. The van der Waals surface area contributed by atoms with Crippen LogP contribution >= 0.6 is 0 Å². The molecule has 2 unspecified atom stereocenters. The highest BCUT2D eigenvalue weighted by atomic mass is 16.5. The molecule has 1 aromatic carbocycles. The van der Waals surface area contributed by atoms with E-state index in [1.54, 1.807) is 30.3 Å². The summed E-state index contributed by atoms with van der Waals surface area (Å²) < 4.78 is 4.48. The highest BCUT2D eigenvalue weighted by Crippen LogP contribution is 2.20. The van der Waals surface area contributed by atoms with Crippen LogP contribution in [0.5, 0.6) is 0 Å². The summed E-state index contributed by atoms with van der Waals surface area (Å²) in [5.41, 5.74) is -1.19. The van der Waals surface area contributed by atoms with E-state index in [0.717, 1.165) is 0 Å². The second-order valence-electron chi connectivity index (χ2n) is 4.64. The summed E-state index contributed by atoms with van der Waals surface area (Å²) in [6.07, 6.45) is 0. The van der Waals surface area contributed by atoms with Gasteiger partial charge in [-0.2, -0.15) is 0 Å². The Kier molecular flexibility index (Phi) is 5.29. The molecule has 0 radical (unpaired) electrons. The summed E-state index contributed by atoms with van der Waals surface area (Å²) in [6.45, 7) is 2.80. The molecule has 0 aliphatic carbocycles. The molecule has 0 aliphatic rings. The smallest absolute Gasteiger partial charge is 0.333 e. The van der Waals surface area contributed by atoms with E-state index in [0.29, 0.717) is 5.56 Å². The molecule has 0 saturated carbocycles. The number of aliphatic carboxylic acids is 1. The Morgan fingerprint density at radius 3 is 2.29 bits per heavy atom. The Balaban J connectivity index is 2.87. The van der Waals surface area contributed by atoms with E-state index in [9.17, 15) is 19.5 Å². The summed E-state index contributed by atoms with van der Waals surface area (Å²) in [7, 11) is 1.20. The van der Waals surface area contributed by atoms with Gasteiger partial charge in [-0.25, -0.2) is 14.4 Å². The first-order chi connectivity index (χ1) is 9.81. The van der Waals surface area contributed by atoms with Crippen molar-refractivity contribution in [2.45, 2.75) is 25.4 Å². The molecule has 3 N–H and O–H groups in total. The summed E-state index contributed by atoms with van der Waals surface area (Å²) in [5, 5.41) is 14.1. The van der Waals surface area contributed by atoms with Gasteiger partial charge in [0, 0.05) is 0 Å². The van der Waals surface area contributed by atoms with Crippen molar-refractivity contribution >= 4 is 18.0 Å². The number of nitrogens with one attached hydrogen (secondary N) is 2. The van der Waals surface area contributed by atoms with E-state index < -0.39 is 29.6 Å². The van der Waals surface area contributed by atoms with Crippen molar-refractivity contribution < 1.29 is 24.2 Å². The van der Waals surface area contributed by atoms with Gasteiger partial charge >= 0.3 is 18.0 Å². The number of hydrogen-bond acceptors (Lipinski definition) is 4. The zero-order valence-corrected chi connectivity index (χ0v) is 12.0. The predicted octanol–water partition coefficient (Wildman–Crippen LogP) is 0.847. The number of carboxylic acids is 1. The topological polar surface area (TPSA) is 105 Å². The molecule has 7 heteroatoms. The second-order valence-corrected chi connectivity index (χ2v) is 4.64. The lowest BCUT2D eigenvalue weighted by Crippen LogP contribution is -2.55. The standard InChI is InChI=1S/C14H18N2O5/c1-9(11(17)21-3)15-13(20)16-14(2,12(18)19)10-7-5-4-6-8-10/h4-9H,1-3H3,(H,18,19)(H2,15,16,20). The number of carbonyl (C=O) groups is 3. The second kappa shape index (κ2) is 6.74. The fraction of sp³-hybridized carbons (Fsp3) is 0.357. The van der Waals surface area contributed by atoms with Gasteiger partial charge in [-0.1, -0.05) is 30.3 Å². The molecule has 2 amide bonds. The lowest BCUT2D eigenvalue weighted by atomic mass is 9.92. The number of urea groups is 1. The molecule has 0 aromatic heterocycles. The molecule has 1 aromatic rings. The molecule has 7 nitrogen and oxygen atoms in total. The Labute approximate surface area is 122 Å². The third-order valence-corrected chi connectivity index (χ3v) is 3.04. The SMILES string of the molecule is COC(=O)C(C)NC(=O)NC(C)(C(=O)O)c1ccccc1. The van der Waals surface area contributed by atoms with Crippen molar-refractivity contribution in [1.29, 1.82) is 0 Å². The maximum Gasteiger partial charge on any atom is 0.333 e. The monoisotopic (exact) mass is 294 g/mol. The highest BCUT2D eigenvalue weighted by Gasteiger charge is 2.37. The number of benzene rings is 1.